The third kappa shape index (κ3) is 2.91. The van der Waals surface area contributed by atoms with Crippen molar-refractivity contribution in [2.75, 3.05) is 0 Å². The van der Waals surface area contributed by atoms with Crippen LogP contribution in [0.4, 0.5) is 13.2 Å². The number of rotatable bonds is 2. The summed E-state index contributed by atoms with van der Waals surface area (Å²) in [6, 6.07) is 5.85. The maximum absolute atomic E-state index is 13.8. The minimum atomic E-state index is -1.21. The summed E-state index contributed by atoms with van der Waals surface area (Å²) in [5, 5.41) is -1.15. The Kier molecular flexibility index (Phi) is 4.43. The van der Waals surface area contributed by atoms with Gasteiger partial charge in [0.05, 0.1) is 9.85 Å². The van der Waals surface area contributed by atoms with Crippen LogP contribution in [-0.4, -0.2) is 0 Å². The topological polar surface area (TPSA) is 0 Å². The van der Waals surface area contributed by atoms with Crippen molar-refractivity contribution in [3.05, 3.63) is 68.4 Å². The van der Waals surface area contributed by atoms with Gasteiger partial charge in [0.1, 0.15) is 17.5 Å². The lowest BCUT2D eigenvalue weighted by Crippen LogP contribution is -2.02. The van der Waals surface area contributed by atoms with Crippen LogP contribution in [0.25, 0.3) is 0 Å². The molecule has 0 spiro atoms. The summed E-state index contributed by atoms with van der Waals surface area (Å²) in [6.07, 6.45) is 0. The molecule has 0 radical (unpaired) electrons. The molecule has 0 aliphatic heterocycles. The molecule has 0 N–H and O–H groups in total. The SMILES string of the molecule is Fc1cc(C(Cl)c2c(F)cccc2Cl)c(F)cc1Br. The lowest BCUT2D eigenvalue weighted by atomic mass is 10.0. The summed E-state index contributed by atoms with van der Waals surface area (Å²) in [6.45, 7) is 0. The highest BCUT2D eigenvalue weighted by molar-refractivity contribution is 9.10. The van der Waals surface area contributed by atoms with E-state index in [9.17, 15) is 13.2 Å². The van der Waals surface area contributed by atoms with Crippen molar-refractivity contribution in [2.45, 2.75) is 5.38 Å². The molecule has 0 aliphatic carbocycles. The summed E-state index contributed by atoms with van der Waals surface area (Å²) in [5.74, 6) is -2.10. The van der Waals surface area contributed by atoms with Gasteiger partial charge in [-0.3, -0.25) is 0 Å². The van der Waals surface area contributed by atoms with Crippen LogP contribution in [0.15, 0.2) is 34.8 Å². The first-order valence-electron chi connectivity index (χ1n) is 5.14. The predicted molar refractivity (Wildman–Crippen MR) is 73.2 cm³/mol. The summed E-state index contributed by atoms with van der Waals surface area (Å²) >= 11 is 14.7. The summed E-state index contributed by atoms with van der Waals surface area (Å²) < 4.78 is 40.9. The highest BCUT2D eigenvalue weighted by Crippen LogP contribution is 2.37. The Labute approximate surface area is 126 Å². The second-order valence-corrected chi connectivity index (χ2v) is 5.48. The summed E-state index contributed by atoms with van der Waals surface area (Å²) in [7, 11) is 0. The molecule has 1 atom stereocenters. The van der Waals surface area contributed by atoms with Crippen molar-refractivity contribution in [3.8, 4) is 0 Å². The molecule has 6 heteroatoms. The van der Waals surface area contributed by atoms with Crippen LogP contribution in [0.2, 0.25) is 5.02 Å². The molecule has 0 heterocycles. The van der Waals surface area contributed by atoms with E-state index in [2.05, 4.69) is 15.9 Å². The zero-order valence-electron chi connectivity index (χ0n) is 9.23. The third-order valence-electron chi connectivity index (χ3n) is 2.57. The van der Waals surface area contributed by atoms with Gasteiger partial charge < -0.3 is 0 Å². The van der Waals surface area contributed by atoms with E-state index in [0.29, 0.717) is 0 Å². The number of alkyl halides is 1. The molecule has 0 aromatic heterocycles. The fourth-order valence-electron chi connectivity index (χ4n) is 1.64. The monoisotopic (exact) mass is 368 g/mol. The molecule has 2 aromatic carbocycles. The molecule has 2 rings (SSSR count). The Balaban J connectivity index is 2.56. The predicted octanol–water partition coefficient (Wildman–Crippen LogP) is 5.85. The third-order valence-corrected chi connectivity index (χ3v) is 3.96. The van der Waals surface area contributed by atoms with Crippen molar-refractivity contribution >= 4 is 39.1 Å². The second-order valence-electron chi connectivity index (χ2n) is 3.79. The van der Waals surface area contributed by atoms with Gasteiger partial charge in [-0.1, -0.05) is 17.7 Å². The Morgan fingerprint density at radius 3 is 2.32 bits per heavy atom. The van der Waals surface area contributed by atoms with E-state index in [4.69, 9.17) is 23.2 Å². The maximum atomic E-state index is 13.8. The van der Waals surface area contributed by atoms with Gasteiger partial charge in [0.25, 0.3) is 0 Å². The molecule has 1 unspecified atom stereocenters. The standard InChI is InChI=1S/C13H6BrCl2F3/c14-7-5-10(18)6(4-11(7)19)13(16)12-8(15)2-1-3-9(12)17/h1-5,13H. The Morgan fingerprint density at radius 1 is 1.00 bits per heavy atom. The maximum Gasteiger partial charge on any atom is 0.137 e. The molecule has 0 saturated heterocycles. The van der Waals surface area contributed by atoms with E-state index in [-0.39, 0.29) is 20.6 Å². The summed E-state index contributed by atoms with van der Waals surface area (Å²) in [4.78, 5) is 0. The number of hydrogen-bond donors (Lipinski definition) is 0. The van der Waals surface area contributed by atoms with Crippen molar-refractivity contribution in [2.24, 2.45) is 0 Å². The zero-order chi connectivity index (χ0) is 14.2. The van der Waals surface area contributed by atoms with Crippen LogP contribution in [0.1, 0.15) is 16.5 Å². The molecule has 2 aromatic rings. The van der Waals surface area contributed by atoms with Gasteiger partial charge in [0.2, 0.25) is 0 Å². The van der Waals surface area contributed by atoms with E-state index in [0.717, 1.165) is 18.2 Å². The van der Waals surface area contributed by atoms with E-state index in [1.54, 1.807) is 0 Å². The van der Waals surface area contributed by atoms with E-state index in [1.807, 2.05) is 0 Å². The molecule has 0 fully saturated rings. The Morgan fingerprint density at radius 2 is 1.68 bits per heavy atom. The number of halogens is 6. The zero-order valence-corrected chi connectivity index (χ0v) is 12.3. The Bertz CT molecular complexity index is 611. The van der Waals surface area contributed by atoms with Gasteiger partial charge in [-0.15, -0.1) is 11.6 Å². The minimum Gasteiger partial charge on any atom is -0.207 e. The van der Waals surface area contributed by atoms with E-state index in [1.165, 1.54) is 12.1 Å². The minimum absolute atomic E-state index is 0.0303. The summed E-state index contributed by atoms with van der Waals surface area (Å²) in [5.41, 5.74) is -0.249. The fourth-order valence-corrected chi connectivity index (χ4v) is 2.67. The first kappa shape index (κ1) is 14.7. The van der Waals surface area contributed by atoms with Gasteiger partial charge in [-0.2, -0.15) is 0 Å². The molecule has 0 nitrogen and oxygen atoms in total. The van der Waals surface area contributed by atoms with Crippen molar-refractivity contribution in [1.82, 2.24) is 0 Å². The Hall–Kier alpha value is -0.710. The lowest BCUT2D eigenvalue weighted by Gasteiger charge is -2.14. The van der Waals surface area contributed by atoms with Crippen LogP contribution < -0.4 is 0 Å². The normalized spacial score (nSPS) is 12.5. The lowest BCUT2D eigenvalue weighted by molar-refractivity contribution is 0.576. The van der Waals surface area contributed by atoms with Crippen LogP contribution in [0.3, 0.4) is 0 Å². The molecule has 19 heavy (non-hydrogen) atoms. The van der Waals surface area contributed by atoms with Crippen LogP contribution in [0.5, 0.6) is 0 Å². The largest absolute Gasteiger partial charge is 0.207 e. The van der Waals surface area contributed by atoms with Gasteiger partial charge in [-0.25, -0.2) is 13.2 Å². The smallest absolute Gasteiger partial charge is 0.137 e. The molecular weight excluding hydrogens is 364 g/mol. The average Bonchev–Trinajstić information content (AvgIpc) is 2.33. The van der Waals surface area contributed by atoms with Crippen molar-refractivity contribution < 1.29 is 13.2 Å². The van der Waals surface area contributed by atoms with Crippen LogP contribution in [0, 0.1) is 17.5 Å². The average molecular weight is 370 g/mol. The van der Waals surface area contributed by atoms with E-state index >= 15 is 0 Å². The molecular formula is C13H6BrCl2F3. The van der Waals surface area contributed by atoms with Crippen LogP contribution >= 0.6 is 39.1 Å². The quantitative estimate of drug-likeness (QED) is 0.460. The van der Waals surface area contributed by atoms with Crippen molar-refractivity contribution in [1.29, 1.82) is 0 Å². The van der Waals surface area contributed by atoms with Gasteiger partial charge in [0.15, 0.2) is 0 Å². The first-order valence-corrected chi connectivity index (χ1v) is 6.75. The highest BCUT2D eigenvalue weighted by atomic mass is 79.9. The molecule has 0 bridgehead atoms. The molecule has 0 amide bonds. The van der Waals surface area contributed by atoms with Gasteiger partial charge >= 0.3 is 0 Å². The van der Waals surface area contributed by atoms with Crippen LogP contribution in [-0.2, 0) is 0 Å². The molecule has 100 valence electrons. The number of hydrogen-bond acceptors (Lipinski definition) is 0. The second kappa shape index (κ2) is 5.73. The van der Waals surface area contributed by atoms with Crippen molar-refractivity contribution in [3.63, 3.8) is 0 Å². The fraction of sp³-hybridized carbons (Fsp3) is 0.0769. The van der Waals surface area contributed by atoms with E-state index < -0.39 is 22.8 Å². The van der Waals surface area contributed by atoms with Gasteiger partial charge in [0, 0.05) is 16.1 Å². The highest BCUT2D eigenvalue weighted by Gasteiger charge is 2.23. The first-order chi connectivity index (χ1) is 8.91. The molecule has 0 aliphatic rings. The van der Waals surface area contributed by atoms with Gasteiger partial charge in [-0.05, 0) is 40.2 Å². The number of benzene rings is 2. The molecule has 0 saturated carbocycles.